The van der Waals surface area contributed by atoms with E-state index in [-0.39, 0.29) is 5.91 Å². The third kappa shape index (κ3) is 3.16. The molecule has 1 unspecified atom stereocenters. The van der Waals surface area contributed by atoms with Gasteiger partial charge in [0.25, 0.3) is 0 Å². The molecule has 1 saturated carbocycles. The number of halogens is 2. The van der Waals surface area contributed by atoms with Crippen molar-refractivity contribution in [2.45, 2.75) is 24.3 Å². The summed E-state index contributed by atoms with van der Waals surface area (Å²) in [5.74, 6) is 1.36. The van der Waals surface area contributed by atoms with Crippen LogP contribution in [0.4, 0.5) is 5.69 Å². The van der Waals surface area contributed by atoms with Crippen molar-refractivity contribution >= 4 is 34.8 Å². The molecule has 2 aromatic rings. The Balaban J connectivity index is 1.57. The van der Waals surface area contributed by atoms with Crippen LogP contribution in [0.3, 0.4) is 0 Å². The lowest BCUT2D eigenvalue weighted by atomic mass is 10.1. The molecule has 1 atom stereocenters. The average molecular weight is 354 g/mol. The Bertz CT molecular complexity index is 727. The molecule has 1 N–H and O–H groups in total. The summed E-state index contributed by atoms with van der Waals surface area (Å²) < 4.78 is 6.59. The SMILES string of the molecule is Cn1ccnc1COc1ccc(NC(=O)C2(C)CC2(Cl)Cl)cc1. The summed E-state index contributed by atoms with van der Waals surface area (Å²) in [7, 11) is 1.91. The van der Waals surface area contributed by atoms with Gasteiger partial charge in [0, 0.05) is 25.1 Å². The Labute approximate surface area is 144 Å². The summed E-state index contributed by atoms with van der Waals surface area (Å²) in [5, 5.41) is 2.83. The van der Waals surface area contributed by atoms with Gasteiger partial charge in [-0.25, -0.2) is 4.98 Å². The molecular weight excluding hydrogens is 337 g/mol. The van der Waals surface area contributed by atoms with Crippen LogP contribution >= 0.6 is 23.2 Å². The fraction of sp³-hybridized carbons (Fsp3) is 0.375. The highest BCUT2D eigenvalue weighted by Gasteiger charge is 2.67. The molecule has 1 amide bonds. The zero-order chi connectivity index (χ0) is 16.7. The van der Waals surface area contributed by atoms with Crippen molar-refractivity contribution in [2.75, 3.05) is 5.32 Å². The maximum atomic E-state index is 12.2. The summed E-state index contributed by atoms with van der Waals surface area (Å²) in [6.45, 7) is 2.14. The van der Waals surface area contributed by atoms with Crippen LogP contribution in [-0.2, 0) is 18.4 Å². The number of hydrogen-bond donors (Lipinski definition) is 1. The number of hydrogen-bond acceptors (Lipinski definition) is 3. The van der Waals surface area contributed by atoms with E-state index in [1.54, 1.807) is 37.4 Å². The Hall–Kier alpha value is -1.72. The first kappa shape index (κ1) is 16.1. The van der Waals surface area contributed by atoms with Crippen molar-refractivity contribution < 1.29 is 9.53 Å². The number of aromatic nitrogens is 2. The van der Waals surface area contributed by atoms with Gasteiger partial charge in [-0.05, 0) is 37.6 Å². The van der Waals surface area contributed by atoms with E-state index in [0.717, 1.165) is 5.82 Å². The average Bonchev–Trinajstić information content (AvgIpc) is 2.81. The van der Waals surface area contributed by atoms with E-state index in [2.05, 4.69) is 10.3 Å². The topological polar surface area (TPSA) is 56.1 Å². The number of rotatable bonds is 5. The molecule has 0 aliphatic heterocycles. The van der Waals surface area contributed by atoms with Crippen molar-refractivity contribution in [3.05, 3.63) is 42.5 Å². The molecule has 1 aliphatic rings. The van der Waals surface area contributed by atoms with Gasteiger partial charge >= 0.3 is 0 Å². The number of nitrogens with one attached hydrogen (secondary N) is 1. The van der Waals surface area contributed by atoms with Crippen molar-refractivity contribution in [3.8, 4) is 5.75 Å². The van der Waals surface area contributed by atoms with Crippen molar-refractivity contribution in [1.82, 2.24) is 9.55 Å². The molecule has 0 saturated heterocycles. The predicted molar refractivity (Wildman–Crippen MR) is 89.8 cm³/mol. The van der Waals surface area contributed by atoms with E-state index in [1.165, 1.54) is 0 Å². The number of aryl methyl sites for hydroxylation is 1. The standard InChI is InChI=1S/C16H17Cl2N3O2/c1-15(10-16(15,17)18)14(22)20-11-3-5-12(6-4-11)23-9-13-19-7-8-21(13)2/h3-8H,9-10H2,1-2H3,(H,20,22). The molecule has 122 valence electrons. The van der Waals surface area contributed by atoms with E-state index in [4.69, 9.17) is 27.9 Å². The number of alkyl halides is 2. The monoisotopic (exact) mass is 353 g/mol. The van der Waals surface area contributed by atoms with Crippen LogP contribution in [0.25, 0.3) is 0 Å². The van der Waals surface area contributed by atoms with E-state index in [1.807, 2.05) is 17.8 Å². The van der Waals surface area contributed by atoms with Gasteiger partial charge in [0.1, 0.15) is 22.5 Å². The quantitative estimate of drug-likeness (QED) is 0.836. The van der Waals surface area contributed by atoms with Gasteiger partial charge in [-0.15, -0.1) is 23.2 Å². The predicted octanol–water partition coefficient (Wildman–Crippen LogP) is 3.52. The zero-order valence-corrected chi connectivity index (χ0v) is 14.4. The molecular formula is C16H17Cl2N3O2. The van der Waals surface area contributed by atoms with Crippen LogP contribution in [0.5, 0.6) is 5.75 Å². The minimum absolute atomic E-state index is 0.177. The van der Waals surface area contributed by atoms with Crippen molar-refractivity contribution in [2.24, 2.45) is 12.5 Å². The first-order valence-corrected chi connectivity index (χ1v) is 7.96. The molecule has 7 heteroatoms. The van der Waals surface area contributed by atoms with E-state index >= 15 is 0 Å². The molecule has 1 aliphatic carbocycles. The highest BCUT2D eigenvalue weighted by Crippen LogP contribution is 2.64. The molecule has 1 heterocycles. The Kier molecular flexibility index (Phi) is 4.02. The van der Waals surface area contributed by atoms with Crippen LogP contribution in [0.2, 0.25) is 0 Å². The van der Waals surface area contributed by atoms with Crippen LogP contribution < -0.4 is 10.1 Å². The maximum Gasteiger partial charge on any atom is 0.233 e. The number of ether oxygens (including phenoxy) is 1. The molecule has 23 heavy (non-hydrogen) atoms. The minimum atomic E-state index is -0.970. The Morgan fingerprint density at radius 1 is 1.39 bits per heavy atom. The fourth-order valence-corrected chi connectivity index (χ4v) is 2.94. The molecule has 5 nitrogen and oxygen atoms in total. The largest absolute Gasteiger partial charge is 0.486 e. The van der Waals surface area contributed by atoms with Gasteiger partial charge in [0.2, 0.25) is 5.91 Å². The number of carbonyl (C=O) groups is 1. The van der Waals surface area contributed by atoms with Gasteiger partial charge < -0.3 is 14.6 Å². The van der Waals surface area contributed by atoms with Crippen LogP contribution in [-0.4, -0.2) is 19.8 Å². The second-order valence-electron chi connectivity index (χ2n) is 5.93. The van der Waals surface area contributed by atoms with Crippen molar-refractivity contribution in [1.29, 1.82) is 0 Å². The number of nitrogens with zero attached hydrogens (tertiary/aromatic N) is 2. The minimum Gasteiger partial charge on any atom is -0.486 e. The number of anilines is 1. The third-order valence-electron chi connectivity index (χ3n) is 4.16. The third-order valence-corrected chi connectivity index (χ3v) is 5.26. The molecule has 1 aromatic heterocycles. The number of benzene rings is 1. The number of imidazole rings is 1. The second kappa shape index (κ2) is 5.73. The lowest BCUT2D eigenvalue weighted by molar-refractivity contribution is -0.120. The highest BCUT2D eigenvalue weighted by atomic mass is 35.5. The van der Waals surface area contributed by atoms with E-state index < -0.39 is 9.75 Å². The molecule has 1 fully saturated rings. The van der Waals surface area contributed by atoms with Crippen LogP contribution in [0, 0.1) is 5.41 Å². The number of carbonyl (C=O) groups excluding carboxylic acids is 1. The van der Waals surface area contributed by atoms with Crippen LogP contribution in [0.15, 0.2) is 36.7 Å². The van der Waals surface area contributed by atoms with E-state index in [0.29, 0.717) is 24.5 Å². The van der Waals surface area contributed by atoms with Crippen LogP contribution in [0.1, 0.15) is 19.2 Å². The maximum absolute atomic E-state index is 12.2. The Morgan fingerprint density at radius 2 is 2.04 bits per heavy atom. The fourth-order valence-electron chi connectivity index (χ4n) is 2.23. The van der Waals surface area contributed by atoms with Gasteiger partial charge in [0.05, 0.1) is 5.41 Å². The molecule has 0 radical (unpaired) electrons. The van der Waals surface area contributed by atoms with Crippen molar-refractivity contribution in [3.63, 3.8) is 0 Å². The summed E-state index contributed by atoms with van der Waals surface area (Å²) in [6, 6.07) is 7.15. The Morgan fingerprint density at radius 3 is 2.57 bits per heavy atom. The summed E-state index contributed by atoms with van der Waals surface area (Å²) in [6.07, 6.45) is 4.05. The van der Waals surface area contributed by atoms with Gasteiger partial charge in [-0.3, -0.25) is 4.79 Å². The zero-order valence-electron chi connectivity index (χ0n) is 12.8. The molecule has 0 bridgehead atoms. The number of amides is 1. The normalized spacial score (nSPS) is 21.7. The highest BCUT2D eigenvalue weighted by molar-refractivity contribution is 6.53. The summed E-state index contributed by atoms with van der Waals surface area (Å²) >= 11 is 12.0. The van der Waals surface area contributed by atoms with E-state index in [9.17, 15) is 4.79 Å². The second-order valence-corrected chi connectivity index (χ2v) is 7.42. The lowest BCUT2D eigenvalue weighted by Crippen LogP contribution is -2.25. The summed E-state index contributed by atoms with van der Waals surface area (Å²) in [4.78, 5) is 16.4. The molecule has 0 spiro atoms. The smallest absolute Gasteiger partial charge is 0.233 e. The summed E-state index contributed by atoms with van der Waals surface area (Å²) in [5.41, 5.74) is -0.0552. The first-order valence-electron chi connectivity index (χ1n) is 7.20. The van der Waals surface area contributed by atoms with Gasteiger partial charge in [-0.2, -0.15) is 0 Å². The van der Waals surface area contributed by atoms with Gasteiger partial charge in [0.15, 0.2) is 0 Å². The lowest BCUT2D eigenvalue weighted by Gasteiger charge is -2.13. The van der Waals surface area contributed by atoms with Gasteiger partial charge in [-0.1, -0.05) is 0 Å². The first-order chi connectivity index (χ1) is 10.8. The molecule has 1 aromatic carbocycles. The molecule has 3 rings (SSSR count).